The Morgan fingerprint density at radius 2 is 2.12 bits per heavy atom. The van der Waals surface area contributed by atoms with E-state index in [-0.39, 0.29) is 11.7 Å². The first-order valence-electron chi connectivity index (χ1n) is 8.98. The highest BCUT2D eigenvalue weighted by atomic mass is 16.7. The van der Waals surface area contributed by atoms with Gasteiger partial charge < -0.3 is 15.2 Å². The van der Waals surface area contributed by atoms with E-state index in [1.54, 1.807) is 12.1 Å². The fourth-order valence-corrected chi connectivity index (χ4v) is 4.24. The first-order valence-corrected chi connectivity index (χ1v) is 8.98. The van der Waals surface area contributed by atoms with Crippen molar-refractivity contribution in [3.05, 3.63) is 23.8 Å². The van der Waals surface area contributed by atoms with Crippen LogP contribution in [0.5, 0.6) is 5.75 Å². The normalized spacial score (nSPS) is 33.7. The number of hydrogen-bond donors (Lipinski definition) is 1. The van der Waals surface area contributed by atoms with Crippen LogP contribution in [0.2, 0.25) is 0 Å². The fourth-order valence-electron chi connectivity index (χ4n) is 4.24. The van der Waals surface area contributed by atoms with Gasteiger partial charge in [0.2, 0.25) is 11.7 Å². The van der Waals surface area contributed by atoms with E-state index in [2.05, 4.69) is 33.8 Å². The van der Waals surface area contributed by atoms with Gasteiger partial charge in [-0.2, -0.15) is 0 Å². The Hall–Kier alpha value is -1.73. The Bertz CT molecular complexity index is 724. The van der Waals surface area contributed by atoms with Crippen molar-refractivity contribution >= 4 is 19.3 Å². The largest absolute Gasteiger partial charge is 0.489 e. The topological polar surface area (TPSA) is 69.3 Å². The van der Waals surface area contributed by atoms with Crippen molar-refractivity contribution in [1.82, 2.24) is 5.06 Å². The molecule has 0 saturated carbocycles. The van der Waals surface area contributed by atoms with Gasteiger partial charge in [0, 0.05) is 26.0 Å². The highest BCUT2D eigenvalue weighted by molar-refractivity contribution is 6.32. The first-order chi connectivity index (χ1) is 11.8. The van der Waals surface area contributed by atoms with E-state index in [0.717, 1.165) is 36.2 Å². The number of aliphatic imine (C=N–C) groups is 1. The summed E-state index contributed by atoms with van der Waals surface area (Å²) >= 11 is 0. The Labute approximate surface area is 149 Å². The lowest BCUT2D eigenvalue weighted by Crippen LogP contribution is -2.47. The molecule has 0 amide bonds. The number of hydroxylamine groups is 2. The Kier molecular flexibility index (Phi) is 3.77. The van der Waals surface area contributed by atoms with Crippen molar-refractivity contribution in [2.24, 2.45) is 16.6 Å². The zero-order valence-corrected chi connectivity index (χ0v) is 15.4. The maximum Gasteiger partial charge on any atom is 0.221 e. The molecule has 3 heterocycles. The highest BCUT2D eigenvalue weighted by Gasteiger charge is 2.51. The summed E-state index contributed by atoms with van der Waals surface area (Å²) in [6, 6.07) is 6.18. The molecule has 3 aliphatic heterocycles. The second-order valence-electron chi connectivity index (χ2n) is 8.06. The van der Waals surface area contributed by atoms with E-state index in [9.17, 15) is 0 Å². The third-order valence-electron chi connectivity index (χ3n) is 5.48. The third kappa shape index (κ3) is 2.89. The molecule has 0 aromatic heterocycles. The van der Waals surface area contributed by atoms with Crippen molar-refractivity contribution in [2.75, 3.05) is 13.7 Å². The van der Waals surface area contributed by atoms with Crippen LogP contribution in [0.25, 0.3) is 0 Å². The number of nitrogens with two attached hydrogens (primary N) is 1. The molecule has 0 bridgehead atoms. The molecule has 3 aliphatic rings. The number of hydrogen-bond acceptors (Lipinski definition) is 6. The lowest BCUT2D eigenvalue weighted by atomic mass is 9.79. The summed E-state index contributed by atoms with van der Waals surface area (Å²) in [5.41, 5.74) is 7.24. The fraction of sp³-hybridized carbons (Fsp3) is 0.611. The quantitative estimate of drug-likeness (QED) is 0.758. The number of ether oxygens (including phenoxy) is 2. The molecule has 1 spiro atoms. The van der Waals surface area contributed by atoms with E-state index in [4.69, 9.17) is 25.0 Å². The maximum atomic E-state index is 6.41. The summed E-state index contributed by atoms with van der Waals surface area (Å²) in [4.78, 5) is 10.9. The molecule has 6 nitrogen and oxygen atoms in total. The zero-order chi connectivity index (χ0) is 17.8. The standard InChI is InChI=1S/C18H26BN3O3/c1-17(2)9-11(6-7-23-17)15-10-18(21-16(20)22(3)25-18)13-8-12(19)4-5-14(13)24-15/h4-5,8,11,15H,6-7,9-10,19H2,1-3H3,(H2,20,21). The van der Waals surface area contributed by atoms with Crippen LogP contribution < -0.4 is 15.9 Å². The van der Waals surface area contributed by atoms with E-state index in [0.29, 0.717) is 18.3 Å². The van der Waals surface area contributed by atoms with Gasteiger partial charge in [-0.3, -0.25) is 0 Å². The molecule has 0 radical (unpaired) electrons. The van der Waals surface area contributed by atoms with E-state index < -0.39 is 5.72 Å². The van der Waals surface area contributed by atoms with Crippen molar-refractivity contribution in [3.8, 4) is 5.75 Å². The van der Waals surface area contributed by atoms with Crippen LogP contribution in [0, 0.1) is 5.92 Å². The summed E-state index contributed by atoms with van der Waals surface area (Å²) < 4.78 is 12.3. The Morgan fingerprint density at radius 1 is 1.32 bits per heavy atom. The number of rotatable bonds is 1. The highest BCUT2D eigenvalue weighted by Crippen LogP contribution is 2.48. The SMILES string of the molecule is Bc1ccc2c(c1)C1(CC(C3CCOC(C)(C)C3)O2)N=C(N)N(C)O1. The van der Waals surface area contributed by atoms with Crippen LogP contribution in [0.4, 0.5) is 0 Å². The molecular weight excluding hydrogens is 317 g/mol. The van der Waals surface area contributed by atoms with Gasteiger partial charge in [0.1, 0.15) is 19.7 Å². The minimum atomic E-state index is -0.786. The molecule has 134 valence electrons. The predicted octanol–water partition coefficient (Wildman–Crippen LogP) is 0.646. The average molecular weight is 343 g/mol. The van der Waals surface area contributed by atoms with Crippen LogP contribution in [-0.4, -0.2) is 44.2 Å². The van der Waals surface area contributed by atoms with Crippen LogP contribution in [-0.2, 0) is 15.3 Å². The second kappa shape index (κ2) is 5.64. The van der Waals surface area contributed by atoms with Gasteiger partial charge in [0.25, 0.3) is 0 Å². The van der Waals surface area contributed by atoms with Gasteiger partial charge in [-0.15, -0.1) is 0 Å². The van der Waals surface area contributed by atoms with Crippen molar-refractivity contribution < 1.29 is 14.3 Å². The van der Waals surface area contributed by atoms with E-state index in [1.807, 2.05) is 6.07 Å². The summed E-state index contributed by atoms with van der Waals surface area (Å²) in [7, 11) is 3.86. The molecular formula is C18H26BN3O3. The maximum absolute atomic E-state index is 6.41. The van der Waals surface area contributed by atoms with E-state index in [1.165, 1.54) is 0 Å². The second-order valence-corrected chi connectivity index (χ2v) is 8.06. The number of benzene rings is 1. The molecule has 1 fully saturated rings. The van der Waals surface area contributed by atoms with Crippen molar-refractivity contribution in [1.29, 1.82) is 0 Å². The number of nitrogens with zero attached hydrogens (tertiary/aromatic N) is 2. The molecule has 4 rings (SSSR count). The Morgan fingerprint density at radius 3 is 2.80 bits per heavy atom. The number of fused-ring (bicyclic) bond motifs is 2. The van der Waals surface area contributed by atoms with Crippen LogP contribution in [0.3, 0.4) is 0 Å². The van der Waals surface area contributed by atoms with Gasteiger partial charge in [-0.05, 0) is 32.8 Å². The summed E-state index contributed by atoms with van der Waals surface area (Å²) in [5.74, 6) is 1.65. The molecule has 25 heavy (non-hydrogen) atoms. The molecule has 0 aliphatic carbocycles. The smallest absolute Gasteiger partial charge is 0.221 e. The van der Waals surface area contributed by atoms with Crippen LogP contribution in [0.15, 0.2) is 23.2 Å². The van der Waals surface area contributed by atoms with Gasteiger partial charge >= 0.3 is 0 Å². The molecule has 1 aromatic rings. The van der Waals surface area contributed by atoms with E-state index >= 15 is 0 Å². The van der Waals surface area contributed by atoms with Gasteiger partial charge in [-0.25, -0.2) is 14.9 Å². The van der Waals surface area contributed by atoms with Gasteiger partial charge in [-0.1, -0.05) is 17.6 Å². The lowest BCUT2D eigenvalue weighted by Gasteiger charge is -2.44. The van der Waals surface area contributed by atoms with Gasteiger partial charge in [0.05, 0.1) is 11.2 Å². The summed E-state index contributed by atoms with van der Waals surface area (Å²) in [6.45, 7) is 5.05. The molecule has 7 heteroatoms. The minimum Gasteiger partial charge on any atom is -0.489 e. The minimum absolute atomic E-state index is 0.0291. The average Bonchev–Trinajstić information content (AvgIpc) is 2.82. The van der Waals surface area contributed by atoms with Crippen LogP contribution >= 0.6 is 0 Å². The number of guanidine groups is 1. The first kappa shape index (κ1) is 16.7. The molecule has 2 N–H and O–H groups in total. The van der Waals surface area contributed by atoms with Crippen molar-refractivity contribution in [2.45, 2.75) is 50.5 Å². The summed E-state index contributed by atoms with van der Waals surface area (Å²) in [5, 5.41) is 1.56. The molecule has 3 unspecified atom stereocenters. The molecule has 1 saturated heterocycles. The zero-order valence-electron chi connectivity index (χ0n) is 15.4. The monoisotopic (exact) mass is 343 g/mol. The van der Waals surface area contributed by atoms with Gasteiger partial charge in [0.15, 0.2) is 0 Å². The lowest BCUT2D eigenvalue weighted by molar-refractivity contribution is -0.198. The third-order valence-corrected chi connectivity index (χ3v) is 5.48. The van der Waals surface area contributed by atoms with Crippen molar-refractivity contribution in [3.63, 3.8) is 0 Å². The molecule has 3 atom stereocenters. The van der Waals surface area contributed by atoms with Crippen LogP contribution in [0.1, 0.15) is 38.7 Å². The Balaban J connectivity index is 1.71. The summed E-state index contributed by atoms with van der Waals surface area (Å²) in [6.07, 6.45) is 2.64. The predicted molar refractivity (Wildman–Crippen MR) is 98.6 cm³/mol. The molecule has 1 aromatic carbocycles.